The van der Waals surface area contributed by atoms with Gasteiger partial charge in [-0.25, -0.2) is 0 Å². The topological polar surface area (TPSA) is 38.3 Å². The van der Waals surface area contributed by atoms with Crippen LogP contribution in [-0.4, -0.2) is 13.0 Å². The fraction of sp³-hybridized carbons (Fsp3) is 0.278. The predicted octanol–water partition coefficient (Wildman–Crippen LogP) is 5.22. The Hall–Kier alpha value is -1.81. The second-order valence-corrected chi connectivity index (χ2v) is 6.05. The number of carbonyl (C=O) groups excluding carboxylic acids is 1. The van der Waals surface area contributed by atoms with Crippen LogP contribution in [0.1, 0.15) is 42.1 Å². The van der Waals surface area contributed by atoms with E-state index < -0.39 is 0 Å². The average Bonchev–Trinajstić information content (AvgIpc) is 2.55. The smallest absolute Gasteiger partial charge is 0.256 e. The third-order valence-corrected chi connectivity index (χ3v) is 4.46. The number of anilines is 1. The largest absolute Gasteiger partial charge is 0.497 e. The average molecular weight is 362 g/mol. The molecule has 2 aromatic rings. The zero-order valence-electron chi connectivity index (χ0n) is 13.0. The van der Waals surface area contributed by atoms with Crippen molar-refractivity contribution in [1.29, 1.82) is 0 Å². The lowest BCUT2D eigenvalue weighted by Crippen LogP contribution is -2.14. The molecule has 0 aromatic heterocycles. The summed E-state index contributed by atoms with van der Waals surface area (Å²) in [7, 11) is 1.59. The van der Waals surface area contributed by atoms with E-state index >= 15 is 0 Å². The van der Waals surface area contributed by atoms with Crippen molar-refractivity contribution in [3.05, 3.63) is 58.1 Å². The van der Waals surface area contributed by atoms with Gasteiger partial charge in [0.15, 0.2) is 0 Å². The highest BCUT2D eigenvalue weighted by Gasteiger charge is 2.15. The Morgan fingerprint density at radius 3 is 2.68 bits per heavy atom. The monoisotopic (exact) mass is 361 g/mol. The van der Waals surface area contributed by atoms with Crippen LogP contribution in [0.4, 0.5) is 5.69 Å². The number of hydrogen-bond donors (Lipinski definition) is 1. The summed E-state index contributed by atoms with van der Waals surface area (Å²) in [6, 6.07) is 13.3. The Balaban J connectivity index is 2.30. The van der Waals surface area contributed by atoms with Gasteiger partial charge in [-0.05, 0) is 58.1 Å². The minimum absolute atomic E-state index is 0.151. The van der Waals surface area contributed by atoms with Crippen LogP contribution in [0.25, 0.3) is 0 Å². The lowest BCUT2D eigenvalue weighted by Gasteiger charge is -2.16. The van der Waals surface area contributed by atoms with Crippen molar-refractivity contribution < 1.29 is 9.53 Å². The van der Waals surface area contributed by atoms with E-state index in [1.54, 1.807) is 13.2 Å². The molecule has 3 nitrogen and oxygen atoms in total. The first-order chi connectivity index (χ1) is 10.6. The first-order valence-corrected chi connectivity index (χ1v) is 8.10. The quantitative estimate of drug-likeness (QED) is 0.792. The van der Waals surface area contributed by atoms with Gasteiger partial charge in [0.25, 0.3) is 5.91 Å². The summed E-state index contributed by atoms with van der Waals surface area (Å²) in [4.78, 5) is 12.6. The maximum atomic E-state index is 12.6. The van der Waals surface area contributed by atoms with E-state index in [1.807, 2.05) is 30.3 Å². The van der Waals surface area contributed by atoms with Crippen LogP contribution in [0, 0.1) is 0 Å². The van der Waals surface area contributed by atoms with Crippen molar-refractivity contribution in [3.63, 3.8) is 0 Å². The summed E-state index contributed by atoms with van der Waals surface area (Å²) in [5.74, 6) is 0.898. The van der Waals surface area contributed by atoms with Crippen LogP contribution >= 0.6 is 15.9 Å². The van der Waals surface area contributed by atoms with Crippen LogP contribution in [0.2, 0.25) is 0 Å². The fourth-order valence-electron chi connectivity index (χ4n) is 2.26. The van der Waals surface area contributed by atoms with Crippen molar-refractivity contribution in [3.8, 4) is 5.75 Å². The van der Waals surface area contributed by atoms with E-state index in [1.165, 1.54) is 0 Å². The molecule has 22 heavy (non-hydrogen) atoms. The molecule has 1 atom stereocenters. The summed E-state index contributed by atoms with van der Waals surface area (Å²) >= 11 is 3.42. The van der Waals surface area contributed by atoms with Crippen molar-refractivity contribution in [2.75, 3.05) is 12.4 Å². The lowest BCUT2D eigenvalue weighted by atomic mass is 9.97. The Labute approximate surface area is 139 Å². The van der Waals surface area contributed by atoms with Crippen molar-refractivity contribution in [2.24, 2.45) is 0 Å². The normalized spacial score (nSPS) is 11.8. The summed E-state index contributed by atoms with van der Waals surface area (Å²) < 4.78 is 5.93. The summed E-state index contributed by atoms with van der Waals surface area (Å²) in [5, 5.41) is 3.01. The summed E-state index contributed by atoms with van der Waals surface area (Å²) in [6.07, 6.45) is 1.02. The molecule has 0 spiro atoms. The SMILES string of the molecule is CC[C@H](C)c1ccccc1NC(=O)c1cc(OC)ccc1Br. The molecule has 116 valence electrons. The second-order valence-electron chi connectivity index (χ2n) is 5.20. The number of nitrogens with one attached hydrogen (secondary N) is 1. The van der Waals surface area contributed by atoms with Gasteiger partial charge in [0.1, 0.15) is 5.75 Å². The molecule has 0 aliphatic rings. The molecule has 2 aromatic carbocycles. The van der Waals surface area contributed by atoms with Gasteiger partial charge in [0.2, 0.25) is 0 Å². The van der Waals surface area contributed by atoms with Crippen LogP contribution < -0.4 is 10.1 Å². The van der Waals surface area contributed by atoms with Crippen molar-refractivity contribution in [2.45, 2.75) is 26.2 Å². The number of benzene rings is 2. The minimum atomic E-state index is -0.151. The molecule has 4 heteroatoms. The van der Waals surface area contributed by atoms with E-state index in [-0.39, 0.29) is 5.91 Å². The fourth-order valence-corrected chi connectivity index (χ4v) is 2.68. The maximum Gasteiger partial charge on any atom is 0.256 e. The van der Waals surface area contributed by atoms with E-state index in [2.05, 4.69) is 41.2 Å². The highest BCUT2D eigenvalue weighted by Crippen LogP contribution is 2.28. The molecule has 0 bridgehead atoms. The number of hydrogen-bond acceptors (Lipinski definition) is 2. The van der Waals surface area contributed by atoms with E-state index in [0.717, 1.165) is 22.1 Å². The van der Waals surface area contributed by atoms with Crippen LogP contribution in [-0.2, 0) is 0 Å². The number of amides is 1. The second kappa shape index (κ2) is 7.45. The van der Waals surface area contributed by atoms with Gasteiger partial charge in [0.05, 0.1) is 12.7 Å². The van der Waals surface area contributed by atoms with Gasteiger partial charge in [-0.1, -0.05) is 32.0 Å². The van der Waals surface area contributed by atoms with E-state index in [0.29, 0.717) is 17.2 Å². The maximum absolute atomic E-state index is 12.6. The molecule has 0 aliphatic heterocycles. The Morgan fingerprint density at radius 1 is 1.27 bits per heavy atom. The van der Waals surface area contributed by atoms with Gasteiger partial charge >= 0.3 is 0 Å². The molecule has 0 heterocycles. The molecule has 2 rings (SSSR count). The molecule has 0 saturated carbocycles. The predicted molar refractivity (Wildman–Crippen MR) is 93.8 cm³/mol. The first kappa shape index (κ1) is 16.6. The zero-order valence-corrected chi connectivity index (χ0v) is 14.6. The number of ether oxygens (including phenoxy) is 1. The number of carbonyl (C=O) groups is 1. The number of rotatable bonds is 5. The van der Waals surface area contributed by atoms with Crippen LogP contribution in [0.5, 0.6) is 5.75 Å². The zero-order chi connectivity index (χ0) is 16.1. The summed E-state index contributed by atoms with van der Waals surface area (Å²) in [5.41, 5.74) is 2.56. The highest BCUT2D eigenvalue weighted by atomic mass is 79.9. The molecule has 0 aliphatic carbocycles. The standard InChI is InChI=1S/C18H20BrNO2/c1-4-12(2)14-7-5-6-8-17(14)20-18(21)15-11-13(22-3)9-10-16(15)19/h5-12H,4H2,1-3H3,(H,20,21)/t12-/m0/s1. The molecule has 0 fully saturated rings. The van der Waals surface area contributed by atoms with Gasteiger partial charge in [-0.3, -0.25) is 4.79 Å². The number of halogens is 1. The highest BCUT2D eigenvalue weighted by molar-refractivity contribution is 9.10. The Morgan fingerprint density at radius 2 is 2.00 bits per heavy atom. The van der Waals surface area contributed by atoms with Gasteiger partial charge in [0, 0.05) is 10.2 Å². The van der Waals surface area contributed by atoms with Gasteiger partial charge in [-0.15, -0.1) is 0 Å². The van der Waals surface area contributed by atoms with Gasteiger partial charge < -0.3 is 10.1 Å². The molecular formula is C18H20BrNO2. The van der Waals surface area contributed by atoms with E-state index in [9.17, 15) is 4.79 Å². The van der Waals surface area contributed by atoms with Crippen LogP contribution in [0.3, 0.4) is 0 Å². The molecule has 0 unspecified atom stereocenters. The molecule has 0 saturated heterocycles. The van der Waals surface area contributed by atoms with Gasteiger partial charge in [-0.2, -0.15) is 0 Å². The van der Waals surface area contributed by atoms with E-state index in [4.69, 9.17) is 4.74 Å². The number of methoxy groups -OCH3 is 1. The van der Waals surface area contributed by atoms with Crippen LogP contribution in [0.15, 0.2) is 46.9 Å². The first-order valence-electron chi connectivity index (χ1n) is 7.30. The third-order valence-electron chi connectivity index (χ3n) is 3.77. The third kappa shape index (κ3) is 3.69. The Kier molecular flexibility index (Phi) is 5.61. The molecular weight excluding hydrogens is 342 g/mol. The number of para-hydroxylation sites is 1. The summed E-state index contributed by atoms with van der Waals surface area (Å²) in [6.45, 7) is 4.30. The lowest BCUT2D eigenvalue weighted by molar-refractivity contribution is 0.102. The Bertz CT molecular complexity index is 670. The van der Waals surface area contributed by atoms with Crippen molar-refractivity contribution in [1.82, 2.24) is 0 Å². The molecule has 1 amide bonds. The molecule has 0 radical (unpaired) electrons. The minimum Gasteiger partial charge on any atom is -0.497 e. The van der Waals surface area contributed by atoms with Crippen molar-refractivity contribution >= 4 is 27.5 Å². The molecule has 1 N–H and O–H groups in total.